The van der Waals surface area contributed by atoms with Crippen LogP contribution >= 0.6 is 0 Å². The van der Waals surface area contributed by atoms with Gasteiger partial charge in [0.15, 0.2) is 5.65 Å². The quantitative estimate of drug-likeness (QED) is 0.917. The highest BCUT2D eigenvalue weighted by atomic mass is 15.3. The van der Waals surface area contributed by atoms with Gasteiger partial charge in [-0.25, -0.2) is 14.5 Å². The van der Waals surface area contributed by atoms with E-state index in [0.717, 1.165) is 23.0 Å². The number of hydrogen-bond donors (Lipinski definition) is 1. The number of imidazole rings is 1. The zero-order valence-corrected chi connectivity index (χ0v) is 12.0. The van der Waals surface area contributed by atoms with Gasteiger partial charge < -0.3 is 5.32 Å². The molecule has 0 aromatic carbocycles. The maximum atomic E-state index is 4.65. The summed E-state index contributed by atoms with van der Waals surface area (Å²) in [5, 5.41) is 8.00. The molecule has 0 spiro atoms. The van der Waals surface area contributed by atoms with Crippen molar-refractivity contribution in [3.8, 4) is 0 Å². The van der Waals surface area contributed by atoms with Gasteiger partial charge in [-0.15, -0.1) is 5.10 Å². The molecule has 1 N–H and O–H groups in total. The molecule has 2 heterocycles. The summed E-state index contributed by atoms with van der Waals surface area (Å²) in [7, 11) is 0. The summed E-state index contributed by atoms with van der Waals surface area (Å²) in [6.07, 6.45) is 4.36. The average Bonchev–Trinajstić information content (AvgIpc) is 3.05. The minimum atomic E-state index is 0.340. The first-order chi connectivity index (χ1) is 9.06. The van der Waals surface area contributed by atoms with Gasteiger partial charge in [-0.05, 0) is 24.7 Å². The number of rotatable bonds is 4. The zero-order chi connectivity index (χ0) is 13.6. The van der Waals surface area contributed by atoms with Crippen LogP contribution < -0.4 is 5.32 Å². The lowest BCUT2D eigenvalue weighted by molar-refractivity contribution is 0.728. The number of aromatic nitrogens is 4. The Balaban J connectivity index is 2.14. The SMILES string of the molecule is CC(C)c1nc(NC2CC2)nn2c(C(C)C)cnc12. The Morgan fingerprint density at radius 3 is 2.53 bits per heavy atom. The van der Waals surface area contributed by atoms with Gasteiger partial charge >= 0.3 is 0 Å². The van der Waals surface area contributed by atoms with E-state index in [9.17, 15) is 0 Å². The molecule has 0 bridgehead atoms. The fourth-order valence-electron chi connectivity index (χ4n) is 2.17. The van der Waals surface area contributed by atoms with Crippen molar-refractivity contribution in [2.75, 3.05) is 5.32 Å². The fourth-order valence-corrected chi connectivity index (χ4v) is 2.17. The van der Waals surface area contributed by atoms with Crippen LogP contribution in [0.4, 0.5) is 5.95 Å². The molecular weight excluding hydrogens is 238 g/mol. The summed E-state index contributed by atoms with van der Waals surface area (Å²) < 4.78 is 1.96. The fraction of sp³-hybridized carbons (Fsp3) is 0.643. The molecule has 0 radical (unpaired) electrons. The largest absolute Gasteiger partial charge is 0.350 e. The number of nitrogens with zero attached hydrogens (tertiary/aromatic N) is 4. The second-order valence-electron chi connectivity index (χ2n) is 5.97. The molecule has 0 aliphatic heterocycles. The molecule has 0 amide bonds. The van der Waals surface area contributed by atoms with Crippen molar-refractivity contribution in [1.29, 1.82) is 0 Å². The Morgan fingerprint density at radius 1 is 1.21 bits per heavy atom. The van der Waals surface area contributed by atoms with E-state index in [-0.39, 0.29) is 0 Å². The van der Waals surface area contributed by atoms with Gasteiger partial charge in [0.1, 0.15) is 0 Å². The summed E-state index contributed by atoms with van der Waals surface area (Å²) in [5.74, 6) is 1.48. The van der Waals surface area contributed by atoms with Crippen LogP contribution in [0.25, 0.3) is 5.65 Å². The number of fused-ring (bicyclic) bond motifs is 1. The average molecular weight is 259 g/mol. The van der Waals surface area contributed by atoms with E-state index in [4.69, 9.17) is 0 Å². The second-order valence-corrected chi connectivity index (χ2v) is 5.97. The normalized spacial score (nSPS) is 15.7. The van der Waals surface area contributed by atoms with Crippen molar-refractivity contribution < 1.29 is 0 Å². The number of anilines is 1. The molecule has 0 atom stereocenters. The Bertz CT molecular complexity index is 595. The third kappa shape index (κ3) is 2.29. The first-order valence-corrected chi connectivity index (χ1v) is 7.08. The molecule has 1 aliphatic carbocycles. The summed E-state index contributed by atoms with van der Waals surface area (Å²) in [6.45, 7) is 8.61. The van der Waals surface area contributed by atoms with E-state index in [1.54, 1.807) is 0 Å². The molecule has 5 nitrogen and oxygen atoms in total. The second kappa shape index (κ2) is 4.47. The van der Waals surface area contributed by atoms with Gasteiger partial charge in [0.05, 0.1) is 17.6 Å². The van der Waals surface area contributed by atoms with Gasteiger partial charge in [0.2, 0.25) is 5.95 Å². The Hall–Kier alpha value is -1.65. The molecule has 19 heavy (non-hydrogen) atoms. The van der Waals surface area contributed by atoms with Crippen molar-refractivity contribution in [3.63, 3.8) is 0 Å². The van der Waals surface area contributed by atoms with Crippen LogP contribution in [-0.4, -0.2) is 25.6 Å². The maximum absolute atomic E-state index is 4.65. The van der Waals surface area contributed by atoms with E-state index in [0.29, 0.717) is 17.9 Å². The van der Waals surface area contributed by atoms with Crippen LogP contribution in [0.1, 0.15) is 63.8 Å². The molecule has 2 aromatic rings. The number of nitrogens with one attached hydrogen (secondary N) is 1. The standard InChI is InChI=1S/C14H21N5/c1-8(2)11-7-15-13-12(9(3)4)17-14(18-19(11)13)16-10-5-6-10/h7-10H,5-6H2,1-4H3,(H,16,18). The van der Waals surface area contributed by atoms with Crippen molar-refractivity contribution in [3.05, 3.63) is 17.6 Å². The van der Waals surface area contributed by atoms with Crippen LogP contribution in [0.15, 0.2) is 6.20 Å². The smallest absolute Gasteiger partial charge is 0.241 e. The van der Waals surface area contributed by atoms with Crippen molar-refractivity contribution in [2.24, 2.45) is 0 Å². The van der Waals surface area contributed by atoms with Crippen LogP contribution in [-0.2, 0) is 0 Å². The summed E-state index contributed by atoms with van der Waals surface area (Å²) >= 11 is 0. The summed E-state index contributed by atoms with van der Waals surface area (Å²) in [4.78, 5) is 9.15. The Morgan fingerprint density at radius 2 is 1.95 bits per heavy atom. The van der Waals surface area contributed by atoms with Gasteiger partial charge in [0.25, 0.3) is 0 Å². The van der Waals surface area contributed by atoms with Gasteiger partial charge in [0, 0.05) is 6.04 Å². The van der Waals surface area contributed by atoms with Crippen molar-refractivity contribution >= 4 is 11.6 Å². The first-order valence-electron chi connectivity index (χ1n) is 7.08. The molecule has 1 aliphatic rings. The molecule has 0 unspecified atom stereocenters. The Labute approximate surface area is 113 Å². The molecule has 2 aromatic heterocycles. The van der Waals surface area contributed by atoms with E-state index in [1.807, 2.05) is 10.7 Å². The molecule has 0 saturated heterocycles. The van der Waals surface area contributed by atoms with E-state index in [1.165, 1.54) is 12.8 Å². The van der Waals surface area contributed by atoms with Crippen LogP contribution in [0, 0.1) is 0 Å². The highest BCUT2D eigenvalue weighted by Crippen LogP contribution is 2.26. The topological polar surface area (TPSA) is 55.1 Å². The van der Waals surface area contributed by atoms with Gasteiger partial charge in [-0.2, -0.15) is 0 Å². The summed E-state index contributed by atoms with van der Waals surface area (Å²) in [6, 6.07) is 0.559. The van der Waals surface area contributed by atoms with E-state index in [2.05, 4.69) is 48.1 Å². The minimum absolute atomic E-state index is 0.340. The van der Waals surface area contributed by atoms with Gasteiger partial charge in [-0.3, -0.25) is 0 Å². The van der Waals surface area contributed by atoms with Gasteiger partial charge in [-0.1, -0.05) is 27.7 Å². The lowest BCUT2D eigenvalue weighted by atomic mass is 10.1. The molecule has 5 heteroatoms. The molecule has 102 valence electrons. The van der Waals surface area contributed by atoms with E-state index >= 15 is 0 Å². The predicted octanol–water partition coefficient (Wildman–Crippen LogP) is 2.95. The van der Waals surface area contributed by atoms with Crippen LogP contribution in [0.3, 0.4) is 0 Å². The highest BCUT2D eigenvalue weighted by Gasteiger charge is 2.24. The molecular formula is C14H21N5. The van der Waals surface area contributed by atoms with E-state index < -0.39 is 0 Å². The van der Waals surface area contributed by atoms with Crippen molar-refractivity contribution in [1.82, 2.24) is 19.6 Å². The lowest BCUT2D eigenvalue weighted by Crippen LogP contribution is -2.13. The van der Waals surface area contributed by atoms with Crippen LogP contribution in [0.5, 0.6) is 0 Å². The van der Waals surface area contributed by atoms with Crippen molar-refractivity contribution in [2.45, 2.75) is 58.4 Å². The summed E-state index contributed by atoms with van der Waals surface area (Å²) in [5.41, 5.74) is 3.04. The first kappa shape index (κ1) is 12.4. The predicted molar refractivity (Wildman–Crippen MR) is 75.6 cm³/mol. The monoisotopic (exact) mass is 259 g/mol. The minimum Gasteiger partial charge on any atom is -0.350 e. The lowest BCUT2D eigenvalue weighted by Gasteiger charge is -2.11. The number of hydrogen-bond acceptors (Lipinski definition) is 4. The zero-order valence-electron chi connectivity index (χ0n) is 12.0. The highest BCUT2D eigenvalue weighted by molar-refractivity contribution is 5.49. The Kier molecular flexibility index (Phi) is 2.92. The molecule has 1 saturated carbocycles. The molecule has 1 fully saturated rings. The third-order valence-corrected chi connectivity index (χ3v) is 3.46. The molecule has 3 rings (SSSR count). The third-order valence-electron chi connectivity index (χ3n) is 3.46. The maximum Gasteiger partial charge on any atom is 0.241 e. The van der Waals surface area contributed by atoms with Crippen LogP contribution in [0.2, 0.25) is 0 Å².